The topological polar surface area (TPSA) is 51.8 Å². The van der Waals surface area contributed by atoms with Crippen molar-refractivity contribution >= 4 is 21.9 Å². The number of para-hydroxylation sites is 1. The fourth-order valence-electron chi connectivity index (χ4n) is 10.4. The van der Waals surface area contributed by atoms with Crippen molar-refractivity contribution in [2.24, 2.45) is 0 Å². The molecule has 62 heavy (non-hydrogen) atoms. The van der Waals surface area contributed by atoms with Crippen molar-refractivity contribution in [3.05, 3.63) is 235 Å². The second-order valence-electron chi connectivity index (χ2n) is 16.2. The zero-order chi connectivity index (χ0) is 40.8. The minimum absolute atomic E-state index is 0.434. The van der Waals surface area contributed by atoms with Crippen LogP contribution in [0, 0.1) is 0 Å². The Bertz CT molecular complexity index is 3500. The average molecular weight is 790 g/mol. The second-order valence-corrected chi connectivity index (χ2v) is 16.2. The normalized spacial score (nSPS) is 13.0. The minimum Gasteiger partial charge on any atom is -0.456 e. The molecule has 4 heteroatoms. The predicted molar refractivity (Wildman–Crippen MR) is 251 cm³/mol. The molecule has 0 aliphatic heterocycles. The molecule has 4 nitrogen and oxygen atoms in total. The van der Waals surface area contributed by atoms with Crippen LogP contribution in [0.3, 0.4) is 0 Å². The van der Waals surface area contributed by atoms with Gasteiger partial charge in [-0.1, -0.05) is 200 Å². The van der Waals surface area contributed by atoms with Gasteiger partial charge in [0, 0.05) is 27.5 Å². The number of hydrogen-bond acceptors (Lipinski definition) is 4. The molecular weight excluding hydrogens is 755 g/mol. The van der Waals surface area contributed by atoms with Gasteiger partial charge in [0.2, 0.25) is 0 Å². The highest BCUT2D eigenvalue weighted by molar-refractivity contribution is 6.12. The number of furan rings is 1. The number of hydrogen-bond donors (Lipinski definition) is 0. The van der Waals surface area contributed by atoms with Crippen molar-refractivity contribution in [2.45, 2.75) is 5.41 Å². The zero-order valence-electron chi connectivity index (χ0n) is 33.5. The summed E-state index contributed by atoms with van der Waals surface area (Å²) in [6.07, 6.45) is 0. The smallest absolute Gasteiger partial charge is 0.164 e. The van der Waals surface area contributed by atoms with E-state index in [9.17, 15) is 0 Å². The molecule has 11 aromatic rings. The van der Waals surface area contributed by atoms with E-state index in [0.29, 0.717) is 17.5 Å². The van der Waals surface area contributed by atoms with Crippen LogP contribution in [0.2, 0.25) is 0 Å². The molecule has 9 aromatic carbocycles. The molecule has 0 saturated carbocycles. The third-order valence-corrected chi connectivity index (χ3v) is 13.0. The third kappa shape index (κ3) is 4.98. The molecular formula is C58H35N3O. The van der Waals surface area contributed by atoms with Crippen LogP contribution in [0.1, 0.15) is 22.3 Å². The molecule has 0 saturated heterocycles. The number of rotatable bonds is 5. The molecule has 0 bridgehead atoms. The summed E-state index contributed by atoms with van der Waals surface area (Å²) < 4.78 is 6.20. The Morgan fingerprint density at radius 1 is 0.290 bits per heavy atom. The molecule has 288 valence electrons. The van der Waals surface area contributed by atoms with Gasteiger partial charge >= 0.3 is 0 Å². The lowest BCUT2D eigenvalue weighted by Gasteiger charge is -2.32. The summed E-state index contributed by atoms with van der Waals surface area (Å²) in [7, 11) is 0. The molecule has 0 radical (unpaired) electrons. The maximum atomic E-state index is 6.20. The summed E-state index contributed by atoms with van der Waals surface area (Å²) in [4.78, 5) is 15.3. The summed E-state index contributed by atoms with van der Waals surface area (Å²) in [6, 6.07) is 75.6. The Balaban J connectivity index is 0.925. The SMILES string of the molecule is c1ccc(-c2nc(-c3ccc(-c4cccc5c4C4(c6ccccc6-c6ccccc64)c4ccccc4-5)cc3)nc(-c3ccc(-c4cccc5oc6ccccc6c45)cc3)n2)cc1. The highest BCUT2D eigenvalue weighted by atomic mass is 16.3. The van der Waals surface area contributed by atoms with Gasteiger partial charge in [-0.15, -0.1) is 0 Å². The van der Waals surface area contributed by atoms with Gasteiger partial charge < -0.3 is 4.42 Å². The van der Waals surface area contributed by atoms with Crippen molar-refractivity contribution in [2.75, 3.05) is 0 Å². The minimum atomic E-state index is -0.434. The predicted octanol–water partition coefficient (Wildman–Crippen LogP) is 14.4. The van der Waals surface area contributed by atoms with Gasteiger partial charge in [-0.3, -0.25) is 0 Å². The van der Waals surface area contributed by atoms with Crippen LogP contribution < -0.4 is 0 Å². The Labute approximate surface area is 358 Å². The quantitative estimate of drug-likeness (QED) is 0.174. The fraction of sp³-hybridized carbons (Fsp3) is 0.0172. The van der Waals surface area contributed by atoms with Crippen LogP contribution in [0.5, 0.6) is 0 Å². The van der Waals surface area contributed by atoms with Crippen molar-refractivity contribution in [3.63, 3.8) is 0 Å². The lowest BCUT2D eigenvalue weighted by molar-refractivity contribution is 0.669. The number of nitrogens with zero attached hydrogens (tertiary/aromatic N) is 3. The molecule has 2 aliphatic rings. The zero-order valence-corrected chi connectivity index (χ0v) is 33.5. The average Bonchev–Trinajstić information content (AvgIpc) is 3.99. The summed E-state index contributed by atoms with van der Waals surface area (Å²) in [5.74, 6) is 1.88. The maximum absolute atomic E-state index is 6.20. The van der Waals surface area contributed by atoms with Crippen LogP contribution in [0.25, 0.3) is 101 Å². The van der Waals surface area contributed by atoms with Gasteiger partial charge in [0.15, 0.2) is 17.5 Å². The van der Waals surface area contributed by atoms with Crippen LogP contribution in [-0.4, -0.2) is 15.0 Å². The molecule has 0 fully saturated rings. The van der Waals surface area contributed by atoms with Gasteiger partial charge in [-0.25, -0.2) is 15.0 Å². The van der Waals surface area contributed by atoms with E-state index in [1.807, 2.05) is 48.5 Å². The van der Waals surface area contributed by atoms with Crippen molar-refractivity contribution in [1.29, 1.82) is 0 Å². The molecule has 2 aromatic heterocycles. The number of benzene rings is 9. The van der Waals surface area contributed by atoms with Crippen LogP contribution in [-0.2, 0) is 5.41 Å². The van der Waals surface area contributed by atoms with Crippen LogP contribution >= 0.6 is 0 Å². The van der Waals surface area contributed by atoms with Crippen molar-refractivity contribution in [1.82, 2.24) is 15.0 Å². The molecule has 2 aliphatic carbocycles. The molecule has 13 rings (SSSR count). The van der Waals surface area contributed by atoms with Crippen LogP contribution in [0.4, 0.5) is 0 Å². The van der Waals surface area contributed by atoms with E-state index in [0.717, 1.165) is 55.3 Å². The number of fused-ring (bicyclic) bond motifs is 13. The van der Waals surface area contributed by atoms with Gasteiger partial charge in [-0.2, -0.15) is 0 Å². The van der Waals surface area contributed by atoms with Gasteiger partial charge in [-0.05, 0) is 78.9 Å². The maximum Gasteiger partial charge on any atom is 0.164 e. The van der Waals surface area contributed by atoms with Gasteiger partial charge in [0.05, 0.1) is 5.41 Å². The Hall–Kier alpha value is -8.21. The number of aromatic nitrogens is 3. The summed E-state index contributed by atoms with van der Waals surface area (Å²) in [5, 5.41) is 2.23. The monoisotopic (exact) mass is 789 g/mol. The molecule has 0 unspecified atom stereocenters. The van der Waals surface area contributed by atoms with E-state index < -0.39 is 5.41 Å². The molecule has 0 N–H and O–H groups in total. The van der Waals surface area contributed by atoms with E-state index in [1.165, 1.54) is 50.1 Å². The highest BCUT2D eigenvalue weighted by Gasteiger charge is 2.52. The van der Waals surface area contributed by atoms with Crippen molar-refractivity contribution < 1.29 is 4.42 Å². The molecule has 0 amide bonds. The first-order valence-corrected chi connectivity index (χ1v) is 21.1. The summed E-state index contributed by atoms with van der Waals surface area (Å²) in [5.41, 5.74) is 19.2. The largest absolute Gasteiger partial charge is 0.456 e. The van der Waals surface area contributed by atoms with E-state index >= 15 is 0 Å². The summed E-state index contributed by atoms with van der Waals surface area (Å²) >= 11 is 0. The van der Waals surface area contributed by atoms with Gasteiger partial charge in [0.1, 0.15) is 11.2 Å². The molecule has 0 atom stereocenters. The van der Waals surface area contributed by atoms with E-state index in [2.05, 4.69) is 164 Å². The van der Waals surface area contributed by atoms with E-state index in [1.54, 1.807) is 0 Å². The first-order valence-electron chi connectivity index (χ1n) is 21.1. The Kier molecular flexibility index (Phi) is 7.49. The third-order valence-electron chi connectivity index (χ3n) is 13.0. The van der Waals surface area contributed by atoms with E-state index in [-0.39, 0.29) is 0 Å². The lowest BCUT2D eigenvalue weighted by Crippen LogP contribution is -2.26. The first kappa shape index (κ1) is 34.6. The molecule has 2 heterocycles. The Morgan fingerprint density at radius 3 is 1.31 bits per heavy atom. The first-order chi connectivity index (χ1) is 30.7. The second kappa shape index (κ2) is 13.4. The Morgan fingerprint density at radius 2 is 0.694 bits per heavy atom. The van der Waals surface area contributed by atoms with Crippen molar-refractivity contribution in [3.8, 4) is 78.7 Å². The fourth-order valence-corrected chi connectivity index (χ4v) is 10.4. The van der Waals surface area contributed by atoms with E-state index in [4.69, 9.17) is 19.4 Å². The highest BCUT2D eigenvalue weighted by Crippen LogP contribution is 2.64. The standard InChI is InChI=1S/C58H35N3O/c1-2-14-38(15-3-1)55-59-56(39-32-28-36(29-33-39)41-20-13-27-52-53(41)47-19-7-11-26-51(47)62-52)61-57(60-55)40-34-30-37(31-35-40)42-21-12-22-46-45-18-6-10-25-50(45)58(54(42)46)48-23-8-4-16-43(48)44-17-5-9-24-49(44)58/h1-35H. The summed E-state index contributed by atoms with van der Waals surface area (Å²) in [6.45, 7) is 0. The van der Waals surface area contributed by atoms with Crippen LogP contribution in [0.15, 0.2) is 217 Å². The van der Waals surface area contributed by atoms with Gasteiger partial charge in [0.25, 0.3) is 0 Å². The lowest BCUT2D eigenvalue weighted by atomic mass is 9.68. The molecule has 1 spiro atoms.